The number of isothiocyanates is 3. The smallest absolute Gasteiger partial charge is 0.872 e. The first kappa shape index (κ1) is 44.6. The first-order valence-corrected chi connectivity index (χ1v) is 14.4. The van der Waals surface area contributed by atoms with E-state index in [1.807, 2.05) is 24.3 Å². The number of hydrogen-bond donors (Lipinski definition) is 2. The Balaban J connectivity index is -0.000000564. The molecule has 4 N–H and O–H groups in total. The fourth-order valence-corrected chi connectivity index (χ4v) is 4.20. The van der Waals surface area contributed by atoms with Crippen LogP contribution in [0.5, 0.6) is 11.5 Å². The third-order valence-electron chi connectivity index (χ3n) is 6.11. The van der Waals surface area contributed by atoms with E-state index in [1.165, 1.54) is 67.3 Å². The van der Waals surface area contributed by atoms with E-state index in [9.17, 15) is 10.2 Å². The zero-order valence-corrected chi connectivity index (χ0v) is 27.5. The van der Waals surface area contributed by atoms with E-state index in [-0.39, 0.29) is 34.0 Å². The summed E-state index contributed by atoms with van der Waals surface area (Å²) in [4.78, 5) is 11.9. The van der Waals surface area contributed by atoms with Crippen molar-refractivity contribution in [2.75, 3.05) is 52.4 Å². The molecule has 0 aliphatic carbocycles. The summed E-state index contributed by atoms with van der Waals surface area (Å²) >= 11 is 11.1. The summed E-state index contributed by atoms with van der Waals surface area (Å²) in [6.45, 7) is 8.98. The molecular weight excluding hydrogens is 646 g/mol. The second-order valence-electron chi connectivity index (χ2n) is 8.83. The number of likely N-dealkylation sites (tertiary alicyclic amines) is 2. The van der Waals surface area contributed by atoms with Crippen LogP contribution in [0.4, 0.5) is 0 Å². The second-order valence-corrected chi connectivity index (χ2v) is 9.38. The van der Waals surface area contributed by atoms with Gasteiger partial charge in [0, 0.05) is 38.1 Å². The molecule has 0 spiro atoms. The standard InChI is InChI=1S/2C13H18N2O.3CNS.Mn.H2O/c2*16-13-6-2-1-5-12(13)11-14-7-10-15-8-3-4-9-15;3*2-1-3;;/h2*1-2,5-6,11,16H,3-4,7-10H2;;;;;1H2/q;;3*-1;+3;. The first-order valence-electron chi connectivity index (χ1n) is 13.2. The zero-order valence-electron chi connectivity index (χ0n) is 23.9. The van der Waals surface area contributed by atoms with Crippen molar-refractivity contribution in [2.24, 2.45) is 9.98 Å². The second kappa shape index (κ2) is 32.1. The van der Waals surface area contributed by atoms with Crippen LogP contribution in [-0.2, 0) is 17.1 Å². The van der Waals surface area contributed by atoms with Crippen molar-refractivity contribution < 1.29 is 42.6 Å². The number of nitrogens with zero attached hydrogens (tertiary/aromatic N) is 5. The van der Waals surface area contributed by atoms with Crippen LogP contribution >= 0.6 is 36.7 Å². The zero-order chi connectivity index (χ0) is 30.6. The molecule has 2 aromatic rings. The van der Waals surface area contributed by atoms with Crippen LogP contribution in [0, 0.1) is 0 Å². The van der Waals surface area contributed by atoms with Crippen molar-refractivity contribution >= 4 is 64.6 Å². The molecule has 0 saturated carbocycles. The number of thiocarbonyl (C=S) groups is 3. The van der Waals surface area contributed by atoms with Gasteiger partial charge in [-0.2, -0.15) is 15.5 Å². The average molecular weight is 684 g/mol. The average Bonchev–Trinajstić information content (AvgIpc) is 3.68. The summed E-state index contributed by atoms with van der Waals surface area (Å²) in [5, 5.41) is 48.1. The van der Waals surface area contributed by atoms with Gasteiger partial charge in [0.25, 0.3) is 0 Å². The van der Waals surface area contributed by atoms with Crippen molar-refractivity contribution in [3.63, 3.8) is 0 Å². The van der Waals surface area contributed by atoms with Crippen LogP contribution in [0.25, 0.3) is 16.2 Å². The van der Waals surface area contributed by atoms with Gasteiger partial charge in [0.05, 0.1) is 52.4 Å². The van der Waals surface area contributed by atoms with E-state index in [0.29, 0.717) is 11.1 Å². The van der Waals surface area contributed by atoms with E-state index < -0.39 is 0 Å². The number of rotatable bonds is 8. The predicted molar refractivity (Wildman–Crippen MR) is 178 cm³/mol. The van der Waals surface area contributed by atoms with Gasteiger partial charge in [0.1, 0.15) is 0 Å². The summed E-state index contributed by atoms with van der Waals surface area (Å²) in [6, 6.07) is 14.0. The minimum absolute atomic E-state index is 0. The predicted octanol–water partition coefficient (Wildman–Crippen LogP) is 0.864. The Morgan fingerprint density at radius 3 is 1.21 bits per heavy atom. The molecule has 2 aliphatic heterocycles. The molecule has 4 rings (SSSR count). The summed E-state index contributed by atoms with van der Waals surface area (Å²) in [5.41, 5.74) is 1.39. The Kier molecular flexibility index (Phi) is 33.3. The molecule has 2 saturated heterocycles. The summed E-state index contributed by atoms with van der Waals surface area (Å²) < 4.78 is 0. The molecule has 232 valence electrons. The SMILES string of the molecule is O.[Mn+3].[N-]=C=S.[N-]=C=S.[N-]=C=S.[O-]c1ccccc1C=NCC[NH+]1CCCC1.[O-]c1ccccc1C=NCC[NH+]1CCCC1. The number of para-hydroxylation sites is 2. The van der Waals surface area contributed by atoms with Crippen LogP contribution < -0.4 is 20.0 Å². The molecule has 43 heavy (non-hydrogen) atoms. The van der Waals surface area contributed by atoms with Crippen LogP contribution in [0.3, 0.4) is 0 Å². The molecule has 2 aromatic carbocycles. The maximum Gasteiger partial charge on any atom is 3.00 e. The molecule has 2 fully saturated rings. The molecule has 10 nitrogen and oxygen atoms in total. The monoisotopic (exact) mass is 683 g/mol. The van der Waals surface area contributed by atoms with E-state index in [0.717, 1.165) is 26.2 Å². The van der Waals surface area contributed by atoms with Crippen molar-refractivity contribution in [3.8, 4) is 11.5 Å². The third kappa shape index (κ3) is 24.3. The molecule has 0 bridgehead atoms. The van der Waals surface area contributed by atoms with Gasteiger partial charge in [0.2, 0.25) is 0 Å². The van der Waals surface area contributed by atoms with Crippen LogP contribution in [0.15, 0.2) is 58.5 Å². The number of quaternary nitrogens is 2. The Morgan fingerprint density at radius 2 is 0.930 bits per heavy atom. The van der Waals surface area contributed by atoms with Crippen LogP contribution in [0.1, 0.15) is 36.8 Å². The van der Waals surface area contributed by atoms with Gasteiger partial charge in [-0.15, -0.1) is 11.5 Å². The molecule has 0 atom stereocenters. The van der Waals surface area contributed by atoms with Crippen LogP contribution in [0.2, 0.25) is 0 Å². The van der Waals surface area contributed by atoms with E-state index in [4.69, 9.17) is 16.2 Å². The Morgan fingerprint density at radius 1 is 0.651 bits per heavy atom. The van der Waals surface area contributed by atoms with Gasteiger partial charge >= 0.3 is 17.1 Å². The van der Waals surface area contributed by atoms with Gasteiger partial charge in [-0.05, 0) is 11.1 Å². The molecular formula is C29H38MnN7O3S3. The Hall–Kier alpha value is -2.82. The largest absolute Gasteiger partial charge is 3.00 e. The Bertz CT molecular complexity index is 1040. The fraction of sp³-hybridized carbons (Fsp3) is 0.414. The van der Waals surface area contributed by atoms with Gasteiger partial charge in [0.15, 0.2) is 0 Å². The molecule has 2 heterocycles. The van der Waals surface area contributed by atoms with Crippen molar-refractivity contribution in [2.45, 2.75) is 25.7 Å². The van der Waals surface area contributed by atoms with Crippen molar-refractivity contribution in [1.29, 1.82) is 0 Å². The summed E-state index contributed by atoms with van der Waals surface area (Å²) in [6.07, 6.45) is 8.81. The Labute approximate surface area is 281 Å². The quantitative estimate of drug-likeness (QED) is 0.238. The number of nitrogens with one attached hydrogen (secondary N) is 2. The number of benzene rings is 2. The fourth-order valence-electron chi connectivity index (χ4n) is 4.20. The maximum atomic E-state index is 11.4. The molecule has 0 aromatic heterocycles. The van der Waals surface area contributed by atoms with E-state index >= 15 is 0 Å². The van der Waals surface area contributed by atoms with Crippen molar-refractivity contribution in [3.05, 3.63) is 75.9 Å². The summed E-state index contributed by atoms with van der Waals surface area (Å²) in [5.74, 6) is 0.111. The van der Waals surface area contributed by atoms with Crippen LogP contribution in [-0.4, -0.2) is 85.7 Å². The van der Waals surface area contributed by atoms with Gasteiger partial charge in [-0.3, -0.25) is 9.98 Å². The molecule has 14 heteroatoms. The number of hydrogen-bond acceptors (Lipinski definition) is 7. The molecule has 0 amide bonds. The minimum atomic E-state index is 0. The number of aliphatic imine (C=N–C) groups is 2. The summed E-state index contributed by atoms with van der Waals surface area (Å²) in [7, 11) is 0. The molecule has 0 unspecified atom stereocenters. The topological polar surface area (TPSA) is 178 Å². The minimum Gasteiger partial charge on any atom is -0.872 e. The van der Waals surface area contributed by atoms with Gasteiger partial charge < -0.3 is 41.7 Å². The van der Waals surface area contributed by atoms with E-state index in [2.05, 4.69) is 46.6 Å². The molecule has 0 radical (unpaired) electrons. The van der Waals surface area contributed by atoms with E-state index in [1.54, 1.807) is 46.5 Å². The normalized spacial score (nSPS) is 13.4. The van der Waals surface area contributed by atoms with Gasteiger partial charge in [-0.1, -0.05) is 85.2 Å². The third-order valence-corrected chi connectivity index (χ3v) is 6.11. The van der Waals surface area contributed by atoms with Crippen molar-refractivity contribution in [1.82, 2.24) is 0 Å². The molecule has 2 aliphatic rings. The first-order chi connectivity index (χ1) is 20.0. The van der Waals surface area contributed by atoms with Gasteiger partial charge in [-0.25, -0.2) is 0 Å². The maximum absolute atomic E-state index is 11.4.